The largest absolute Gasteiger partial charge is 0.457 e. The fraction of sp³-hybridized carbons (Fsp3) is 0.138. The van der Waals surface area contributed by atoms with Crippen molar-refractivity contribution in [2.24, 2.45) is 5.92 Å². The predicted octanol–water partition coefficient (Wildman–Crippen LogP) is 5.31. The van der Waals surface area contributed by atoms with Gasteiger partial charge in [-0.25, -0.2) is 4.39 Å². The maximum absolute atomic E-state index is 13.0. The second-order valence-corrected chi connectivity index (χ2v) is 8.64. The Morgan fingerprint density at radius 1 is 0.919 bits per heavy atom. The van der Waals surface area contributed by atoms with Crippen LogP contribution >= 0.6 is 0 Å². The van der Waals surface area contributed by atoms with Crippen LogP contribution in [0.15, 0.2) is 91.0 Å². The second kappa shape index (κ2) is 10.5. The van der Waals surface area contributed by atoms with Gasteiger partial charge in [0.25, 0.3) is 5.91 Å². The lowest BCUT2D eigenvalue weighted by Gasteiger charge is -2.17. The van der Waals surface area contributed by atoms with Crippen molar-refractivity contribution < 1.29 is 28.2 Å². The Labute approximate surface area is 212 Å². The van der Waals surface area contributed by atoms with Crippen LogP contribution in [0.25, 0.3) is 10.8 Å². The maximum Gasteiger partial charge on any atom is 0.311 e. The minimum absolute atomic E-state index is 0.00727. The highest BCUT2D eigenvalue weighted by Crippen LogP contribution is 2.32. The number of hydrogen-bond donors (Lipinski definition) is 1. The number of halogens is 1. The summed E-state index contributed by atoms with van der Waals surface area (Å²) in [6.45, 7) is -0.345. The van der Waals surface area contributed by atoms with E-state index >= 15 is 0 Å². The van der Waals surface area contributed by atoms with Gasteiger partial charge in [0.2, 0.25) is 5.91 Å². The zero-order valence-corrected chi connectivity index (χ0v) is 19.7. The molecule has 0 radical (unpaired) electrons. The summed E-state index contributed by atoms with van der Waals surface area (Å²) >= 11 is 0. The normalized spacial score (nSPS) is 15.0. The molecule has 1 fully saturated rings. The molecule has 7 nitrogen and oxygen atoms in total. The summed E-state index contributed by atoms with van der Waals surface area (Å²) in [6, 6.07) is 26.1. The summed E-state index contributed by atoms with van der Waals surface area (Å²) in [5, 5.41) is 4.59. The molecule has 5 rings (SSSR count). The van der Waals surface area contributed by atoms with Crippen molar-refractivity contribution in [3.8, 4) is 11.5 Å². The molecule has 0 bridgehead atoms. The van der Waals surface area contributed by atoms with Crippen molar-refractivity contribution in [3.05, 3.63) is 96.8 Å². The van der Waals surface area contributed by atoms with Gasteiger partial charge >= 0.3 is 5.97 Å². The predicted molar refractivity (Wildman–Crippen MR) is 137 cm³/mol. The molecule has 0 saturated carbocycles. The van der Waals surface area contributed by atoms with Gasteiger partial charge in [0.05, 0.1) is 5.92 Å². The van der Waals surface area contributed by atoms with E-state index in [0.29, 0.717) is 17.1 Å². The quantitative estimate of drug-likeness (QED) is 0.349. The molecule has 4 aromatic rings. The summed E-state index contributed by atoms with van der Waals surface area (Å²) in [5.74, 6) is -1.14. The topological polar surface area (TPSA) is 84.9 Å². The number of carbonyl (C=O) groups is 3. The van der Waals surface area contributed by atoms with Crippen LogP contribution in [0, 0.1) is 11.7 Å². The average molecular weight is 499 g/mol. The molecule has 4 aromatic carbocycles. The van der Waals surface area contributed by atoms with E-state index in [9.17, 15) is 18.8 Å². The van der Waals surface area contributed by atoms with Crippen molar-refractivity contribution in [1.82, 2.24) is 0 Å². The molecule has 186 valence electrons. The number of ether oxygens (including phenoxy) is 2. The number of fused-ring (bicyclic) bond motifs is 1. The highest BCUT2D eigenvalue weighted by Gasteiger charge is 2.36. The highest BCUT2D eigenvalue weighted by atomic mass is 19.1. The average Bonchev–Trinajstić information content (AvgIpc) is 3.31. The van der Waals surface area contributed by atoms with Crippen LogP contribution in [0.4, 0.5) is 15.8 Å². The van der Waals surface area contributed by atoms with Crippen LogP contribution in [-0.2, 0) is 19.1 Å². The number of nitrogens with one attached hydrogen (secondary N) is 1. The number of rotatable bonds is 7. The van der Waals surface area contributed by atoms with Crippen molar-refractivity contribution >= 4 is 39.9 Å². The maximum atomic E-state index is 13.0. The fourth-order valence-corrected chi connectivity index (χ4v) is 4.21. The van der Waals surface area contributed by atoms with Crippen LogP contribution in [0.3, 0.4) is 0 Å². The summed E-state index contributed by atoms with van der Waals surface area (Å²) in [5.41, 5.74) is 1.03. The number of benzene rings is 4. The summed E-state index contributed by atoms with van der Waals surface area (Å²) in [7, 11) is 0. The molecule has 0 spiro atoms. The molecule has 1 atom stereocenters. The Hall–Kier alpha value is -4.72. The third kappa shape index (κ3) is 5.59. The van der Waals surface area contributed by atoms with Crippen molar-refractivity contribution in [2.75, 3.05) is 23.4 Å². The van der Waals surface area contributed by atoms with E-state index in [1.165, 1.54) is 29.2 Å². The van der Waals surface area contributed by atoms with Crippen LogP contribution in [-0.4, -0.2) is 30.9 Å². The van der Waals surface area contributed by atoms with E-state index in [-0.39, 0.29) is 18.9 Å². The first-order valence-corrected chi connectivity index (χ1v) is 11.7. The summed E-state index contributed by atoms with van der Waals surface area (Å²) in [6.07, 6.45) is -0.00727. The van der Waals surface area contributed by atoms with Crippen molar-refractivity contribution in [2.45, 2.75) is 6.42 Å². The Morgan fingerprint density at radius 2 is 1.65 bits per heavy atom. The van der Waals surface area contributed by atoms with Gasteiger partial charge in [-0.15, -0.1) is 0 Å². The Morgan fingerprint density at radius 3 is 2.43 bits per heavy atom. The van der Waals surface area contributed by atoms with E-state index in [4.69, 9.17) is 9.47 Å². The lowest BCUT2D eigenvalue weighted by Crippen LogP contribution is -2.28. The molecule has 8 heteroatoms. The second-order valence-electron chi connectivity index (χ2n) is 8.64. The minimum atomic E-state index is -0.683. The van der Waals surface area contributed by atoms with Gasteiger partial charge in [0.1, 0.15) is 17.3 Å². The number of carbonyl (C=O) groups excluding carboxylic acids is 3. The minimum Gasteiger partial charge on any atom is -0.457 e. The molecular weight excluding hydrogens is 475 g/mol. The van der Waals surface area contributed by atoms with Gasteiger partial charge in [-0.1, -0.05) is 36.4 Å². The smallest absolute Gasteiger partial charge is 0.311 e. The third-order valence-corrected chi connectivity index (χ3v) is 6.06. The number of hydrogen-bond acceptors (Lipinski definition) is 5. The SMILES string of the molecule is O=C(COC(=O)[C@@H]1CC(=O)N(c2ccc(Oc3cccc4ccccc34)cc2)C1)Nc1ccc(F)cc1. The lowest BCUT2D eigenvalue weighted by molar-refractivity contribution is -0.151. The molecule has 0 aromatic heterocycles. The first-order chi connectivity index (χ1) is 18.0. The first-order valence-electron chi connectivity index (χ1n) is 11.7. The van der Waals surface area contributed by atoms with E-state index in [2.05, 4.69) is 5.32 Å². The molecule has 1 saturated heterocycles. The van der Waals surface area contributed by atoms with Crippen LogP contribution in [0.2, 0.25) is 0 Å². The van der Waals surface area contributed by atoms with Crippen molar-refractivity contribution in [3.63, 3.8) is 0 Å². The highest BCUT2D eigenvalue weighted by molar-refractivity contribution is 6.00. The summed E-state index contributed by atoms with van der Waals surface area (Å²) in [4.78, 5) is 38.6. The molecule has 2 amide bonds. The Bertz CT molecular complexity index is 1450. The van der Waals surface area contributed by atoms with Gasteiger partial charge in [-0.05, 0) is 60.0 Å². The fourth-order valence-electron chi connectivity index (χ4n) is 4.21. The van der Waals surface area contributed by atoms with Gasteiger partial charge in [-0.2, -0.15) is 0 Å². The molecule has 0 aliphatic carbocycles. The number of nitrogens with zero attached hydrogens (tertiary/aromatic N) is 1. The third-order valence-electron chi connectivity index (χ3n) is 6.06. The van der Waals surface area contributed by atoms with Gasteiger partial charge in [-0.3, -0.25) is 14.4 Å². The van der Waals surface area contributed by atoms with Crippen molar-refractivity contribution in [1.29, 1.82) is 0 Å². The Kier molecular flexibility index (Phi) is 6.81. The molecule has 1 aliphatic rings. The number of amides is 2. The number of anilines is 2. The molecule has 1 N–H and O–H groups in total. The van der Waals surface area contributed by atoms with Crippen LogP contribution in [0.5, 0.6) is 11.5 Å². The van der Waals surface area contributed by atoms with E-state index in [1.54, 1.807) is 24.3 Å². The van der Waals surface area contributed by atoms with Gasteiger partial charge in [0, 0.05) is 29.7 Å². The van der Waals surface area contributed by atoms with Gasteiger partial charge < -0.3 is 19.7 Å². The van der Waals surface area contributed by atoms with E-state index < -0.39 is 30.2 Å². The van der Waals surface area contributed by atoms with Crippen LogP contribution in [0.1, 0.15) is 6.42 Å². The number of esters is 1. The zero-order chi connectivity index (χ0) is 25.8. The standard InChI is InChI=1S/C29H23FN2O5/c30-21-8-10-22(11-9-21)31-27(33)18-36-29(35)20-16-28(34)32(17-20)23-12-14-24(15-13-23)37-26-7-3-5-19-4-1-2-6-25(19)26/h1-15,20H,16-18H2,(H,31,33)/t20-/m1/s1. The first kappa shape index (κ1) is 24.0. The lowest BCUT2D eigenvalue weighted by atomic mass is 10.1. The van der Waals surface area contributed by atoms with Crippen LogP contribution < -0.4 is 15.0 Å². The summed E-state index contributed by atoms with van der Waals surface area (Å²) < 4.78 is 24.2. The molecule has 0 unspecified atom stereocenters. The molecule has 1 aliphatic heterocycles. The van der Waals surface area contributed by atoms with E-state index in [0.717, 1.165) is 16.5 Å². The zero-order valence-electron chi connectivity index (χ0n) is 19.7. The van der Waals surface area contributed by atoms with E-state index in [1.807, 2.05) is 42.5 Å². The molecule has 1 heterocycles. The Balaban J connectivity index is 1.16. The molecular formula is C29H23FN2O5. The monoisotopic (exact) mass is 498 g/mol. The molecule has 37 heavy (non-hydrogen) atoms. The van der Waals surface area contributed by atoms with Gasteiger partial charge in [0.15, 0.2) is 6.61 Å².